The summed E-state index contributed by atoms with van der Waals surface area (Å²) in [7, 11) is 0. The molecule has 234 valence electrons. The van der Waals surface area contributed by atoms with Gasteiger partial charge in [-0.25, -0.2) is 0 Å². The summed E-state index contributed by atoms with van der Waals surface area (Å²) in [5.41, 5.74) is 0. The molecule has 2 atom stereocenters. The minimum atomic E-state index is 0.155. The average Bonchev–Trinajstić information content (AvgIpc) is 2.96. The van der Waals surface area contributed by atoms with Crippen LogP contribution in [-0.2, 0) is 0 Å². The Hall–Kier alpha value is -3.04. The van der Waals surface area contributed by atoms with E-state index in [4.69, 9.17) is 21.6 Å². The Bertz CT molecular complexity index is 584. The monoisotopic (exact) mass is 565 g/mol. The van der Waals surface area contributed by atoms with Gasteiger partial charge < -0.3 is 21.3 Å². The largest absolute Gasteiger partial charge is 0.356 e. The third-order valence-corrected chi connectivity index (χ3v) is 6.43. The predicted octanol–water partition coefficient (Wildman–Crippen LogP) is 5.86. The Morgan fingerprint density at radius 3 is 1.12 bits per heavy atom. The minimum Gasteiger partial charge on any atom is -0.356 e. The Balaban J connectivity index is -0.00000326. The van der Waals surface area contributed by atoms with Crippen LogP contribution in [0.25, 0.3) is 0 Å². The van der Waals surface area contributed by atoms with E-state index >= 15 is 0 Å². The first kappa shape index (κ1) is 41.4. The molecule has 10 N–H and O–H groups in total. The molecule has 0 rings (SSSR count). The van der Waals surface area contributed by atoms with Crippen molar-refractivity contribution in [2.75, 3.05) is 26.2 Å². The van der Waals surface area contributed by atoms with Crippen LogP contribution < -0.4 is 31.9 Å². The first-order valence-electron chi connectivity index (χ1n) is 15.2. The van der Waals surface area contributed by atoms with E-state index < -0.39 is 0 Å². The molecule has 0 amide bonds. The van der Waals surface area contributed by atoms with E-state index in [0.717, 1.165) is 51.6 Å². The van der Waals surface area contributed by atoms with Gasteiger partial charge in [0.15, 0.2) is 23.8 Å². The van der Waals surface area contributed by atoms with Crippen LogP contribution in [0.1, 0.15) is 105 Å². The minimum absolute atomic E-state index is 0.155. The van der Waals surface area contributed by atoms with Gasteiger partial charge in [0.05, 0.1) is 0 Å². The fraction of sp³-hybridized carbons (Fsp3) is 0.733. The molecule has 10 nitrogen and oxygen atoms in total. The molecule has 10 heteroatoms. The molecular formula is C30H64N10. The van der Waals surface area contributed by atoms with Gasteiger partial charge in [-0.05, 0) is 37.5 Å². The molecular weight excluding hydrogens is 500 g/mol. The number of rotatable bonds is 19. The van der Waals surface area contributed by atoms with E-state index in [-0.39, 0.29) is 23.8 Å². The quantitative estimate of drug-likeness (QED) is 0.0408. The topological polar surface area (TPSA) is 168 Å². The van der Waals surface area contributed by atoms with Crippen molar-refractivity contribution in [3.63, 3.8) is 0 Å². The molecule has 0 fully saturated rings. The van der Waals surface area contributed by atoms with Gasteiger partial charge in [0, 0.05) is 26.2 Å². The molecule has 0 radical (unpaired) electrons. The Labute approximate surface area is 246 Å². The standard InChI is InChI=1S/C26H56N10.2C2H4/c1-5-9-15-21(7-3)19-33-25(29)35-23(27)31-17-13-11-12-14-18-32-24(28)36-26(30)34-20-22(8-4)16-10-6-2;2*1-2/h21-22H,5-20H2,1-4H3,(H5,27,29,31,33,35)(H5,28,30,32,34,36);2*1-2H2. The van der Waals surface area contributed by atoms with Crippen LogP contribution in [0.5, 0.6) is 0 Å². The number of unbranched alkanes of at least 4 members (excludes halogenated alkanes) is 5. The van der Waals surface area contributed by atoms with E-state index in [0.29, 0.717) is 24.9 Å². The zero-order valence-electron chi connectivity index (χ0n) is 26.3. The molecule has 0 aliphatic rings. The summed E-state index contributed by atoms with van der Waals surface area (Å²) in [6.07, 6.45) is 13.3. The number of hydrogen-bond donors (Lipinski definition) is 10. The lowest BCUT2D eigenvalue weighted by atomic mass is 9.99. The summed E-state index contributed by atoms with van der Waals surface area (Å²) in [4.78, 5) is 0. The van der Waals surface area contributed by atoms with Crippen LogP contribution in [0.15, 0.2) is 26.3 Å². The maximum absolute atomic E-state index is 7.96. The molecule has 40 heavy (non-hydrogen) atoms. The van der Waals surface area contributed by atoms with Crippen molar-refractivity contribution >= 4 is 23.8 Å². The molecule has 0 spiro atoms. The van der Waals surface area contributed by atoms with Crippen molar-refractivity contribution in [2.45, 2.75) is 105 Å². The lowest BCUT2D eigenvalue weighted by Gasteiger charge is -2.18. The smallest absolute Gasteiger partial charge is 0.195 e. The molecule has 0 bridgehead atoms. The third-order valence-electron chi connectivity index (χ3n) is 6.43. The lowest BCUT2D eigenvalue weighted by molar-refractivity contribution is 0.444. The van der Waals surface area contributed by atoms with Gasteiger partial charge in [0.2, 0.25) is 0 Å². The zero-order chi connectivity index (χ0) is 31.0. The first-order valence-corrected chi connectivity index (χ1v) is 15.2. The highest BCUT2D eigenvalue weighted by Gasteiger charge is 2.08. The van der Waals surface area contributed by atoms with E-state index in [1.54, 1.807) is 0 Å². The van der Waals surface area contributed by atoms with Crippen LogP contribution in [0.3, 0.4) is 0 Å². The van der Waals surface area contributed by atoms with Crippen LogP contribution >= 0.6 is 0 Å². The van der Waals surface area contributed by atoms with Gasteiger partial charge in [0.25, 0.3) is 0 Å². The van der Waals surface area contributed by atoms with E-state index in [9.17, 15) is 0 Å². The van der Waals surface area contributed by atoms with Crippen molar-refractivity contribution in [2.24, 2.45) is 11.8 Å². The maximum atomic E-state index is 7.96. The summed E-state index contributed by atoms with van der Waals surface area (Å²) in [6, 6.07) is 0. The van der Waals surface area contributed by atoms with Crippen LogP contribution in [0, 0.1) is 33.5 Å². The van der Waals surface area contributed by atoms with Crippen LogP contribution in [-0.4, -0.2) is 50.0 Å². The molecule has 0 heterocycles. The highest BCUT2D eigenvalue weighted by atomic mass is 15.2. The number of nitrogens with one attached hydrogen (secondary N) is 10. The number of guanidine groups is 4. The lowest BCUT2D eigenvalue weighted by Crippen LogP contribution is -2.47. The third kappa shape index (κ3) is 28.0. The predicted molar refractivity (Wildman–Crippen MR) is 177 cm³/mol. The Morgan fingerprint density at radius 2 is 0.825 bits per heavy atom. The summed E-state index contributed by atoms with van der Waals surface area (Å²) in [5.74, 6) is 1.80. The zero-order valence-corrected chi connectivity index (χ0v) is 26.3. The fourth-order valence-electron chi connectivity index (χ4n) is 3.84. The second-order valence-electron chi connectivity index (χ2n) is 9.61. The Kier molecular flexibility index (Phi) is 33.3. The summed E-state index contributed by atoms with van der Waals surface area (Å²) >= 11 is 0. The highest BCUT2D eigenvalue weighted by molar-refractivity contribution is 5.96. The van der Waals surface area contributed by atoms with Gasteiger partial charge >= 0.3 is 0 Å². The van der Waals surface area contributed by atoms with Crippen LogP contribution in [0.2, 0.25) is 0 Å². The molecule has 0 aliphatic heterocycles. The number of hydrogen-bond acceptors (Lipinski definition) is 4. The van der Waals surface area contributed by atoms with Gasteiger partial charge in [-0.15, -0.1) is 26.3 Å². The second-order valence-corrected chi connectivity index (χ2v) is 9.61. The summed E-state index contributed by atoms with van der Waals surface area (Å²) in [6.45, 7) is 23.7. The van der Waals surface area contributed by atoms with Gasteiger partial charge in [-0.2, -0.15) is 0 Å². The normalized spacial score (nSPS) is 11.2. The van der Waals surface area contributed by atoms with Gasteiger partial charge in [-0.3, -0.25) is 32.3 Å². The summed E-state index contributed by atoms with van der Waals surface area (Å²) in [5, 5.41) is 49.5. The molecule has 0 saturated heterocycles. The van der Waals surface area contributed by atoms with Crippen molar-refractivity contribution < 1.29 is 0 Å². The average molecular weight is 565 g/mol. The van der Waals surface area contributed by atoms with E-state index in [1.807, 2.05) is 0 Å². The maximum Gasteiger partial charge on any atom is 0.195 e. The highest BCUT2D eigenvalue weighted by Crippen LogP contribution is 2.11. The molecule has 2 unspecified atom stereocenters. The SMILES string of the molecule is C=C.C=C.CCCCC(CC)CNC(=N)NC(=N)NCCCCCCNC(=N)NC(=N)NCC(CC)CCCC. The molecule has 0 aromatic heterocycles. The van der Waals surface area contributed by atoms with E-state index in [2.05, 4.69) is 85.9 Å². The molecule has 0 aliphatic carbocycles. The van der Waals surface area contributed by atoms with Crippen molar-refractivity contribution in [1.29, 1.82) is 21.6 Å². The van der Waals surface area contributed by atoms with Crippen LogP contribution in [0.4, 0.5) is 0 Å². The Morgan fingerprint density at radius 1 is 0.500 bits per heavy atom. The molecule has 0 saturated carbocycles. The van der Waals surface area contributed by atoms with Crippen molar-refractivity contribution in [3.8, 4) is 0 Å². The fourth-order valence-corrected chi connectivity index (χ4v) is 3.84. The first-order chi connectivity index (χ1) is 19.4. The summed E-state index contributed by atoms with van der Waals surface area (Å²) < 4.78 is 0. The van der Waals surface area contributed by atoms with Crippen molar-refractivity contribution in [3.05, 3.63) is 26.3 Å². The van der Waals surface area contributed by atoms with E-state index in [1.165, 1.54) is 38.5 Å². The molecule has 0 aromatic rings. The molecule has 0 aromatic carbocycles. The van der Waals surface area contributed by atoms with Gasteiger partial charge in [0.1, 0.15) is 0 Å². The van der Waals surface area contributed by atoms with Gasteiger partial charge in [-0.1, -0.05) is 79.1 Å². The van der Waals surface area contributed by atoms with Crippen molar-refractivity contribution in [1.82, 2.24) is 31.9 Å². The second kappa shape index (κ2) is 32.2.